The second-order valence-corrected chi connectivity index (χ2v) is 6.97. The number of alkyl halides is 3. The van der Waals surface area contributed by atoms with Crippen LogP contribution in [0.15, 0.2) is 53.6 Å². The number of rotatable bonds is 5. The highest BCUT2D eigenvalue weighted by Gasteiger charge is 2.30. The molecule has 0 fully saturated rings. The van der Waals surface area contributed by atoms with E-state index in [0.717, 1.165) is 22.4 Å². The van der Waals surface area contributed by atoms with Gasteiger partial charge in [-0.3, -0.25) is 9.59 Å². The quantitative estimate of drug-likeness (QED) is 0.644. The molecular weight excluding hydrogens is 435 g/mol. The fourth-order valence-corrected chi connectivity index (χ4v) is 3.07. The van der Waals surface area contributed by atoms with Crippen LogP contribution in [0.5, 0.6) is 0 Å². The molecule has 2 aromatic heterocycles. The maximum atomic E-state index is 12.7. The van der Waals surface area contributed by atoms with E-state index in [4.69, 9.17) is 11.6 Å². The summed E-state index contributed by atoms with van der Waals surface area (Å²) in [6.07, 6.45) is -2.57. The minimum Gasteiger partial charge on any atom is -0.368 e. The van der Waals surface area contributed by atoms with E-state index in [1.54, 1.807) is 43.3 Å². The first-order valence-corrected chi connectivity index (χ1v) is 9.33. The predicted molar refractivity (Wildman–Crippen MR) is 110 cm³/mol. The van der Waals surface area contributed by atoms with Gasteiger partial charge in [0, 0.05) is 32.4 Å². The van der Waals surface area contributed by atoms with Crippen LogP contribution < -0.4 is 15.8 Å². The van der Waals surface area contributed by atoms with Crippen LogP contribution in [-0.2, 0) is 12.7 Å². The van der Waals surface area contributed by atoms with Crippen molar-refractivity contribution in [3.63, 3.8) is 0 Å². The molecule has 0 radical (unpaired) electrons. The number of amides is 1. The number of anilines is 1. The van der Waals surface area contributed by atoms with Gasteiger partial charge >= 0.3 is 6.18 Å². The fraction of sp³-hybridized carbons (Fsp3) is 0.200. The number of carbonyl (C=O) groups excluding carboxylic acids is 1. The van der Waals surface area contributed by atoms with E-state index in [9.17, 15) is 22.8 Å². The summed E-state index contributed by atoms with van der Waals surface area (Å²) in [6.45, 7) is 0.372. The Morgan fingerprint density at radius 1 is 1.16 bits per heavy atom. The van der Waals surface area contributed by atoms with Crippen molar-refractivity contribution in [3.8, 4) is 5.82 Å². The third kappa shape index (κ3) is 4.85. The average molecular weight is 452 g/mol. The van der Waals surface area contributed by atoms with Crippen molar-refractivity contribution in [2.75, 3.05) is 19.0 Å². The van der Waals surface area contributed by atoms with E-state index >= 15 is 0 Å². The molecule has 0 bridgehead atoms. The molecule has 0 saturated heterocycles. The molecule has 3 rings (SSSR count). The maximum absolute atomic E-state index is 12.7. The molecular formula is C20H17ClF3N5O2. The van der Waals surface area contributed by atoms with Crippen LogP contribution in [0.1, 0.15) is 21.5 Å². The van der Waals surface area contributed by atoms with Gasteiger partial charge in [0.25, 0.3) is 11.5 Å². The Morgan fingerprint density at radius 2 is 1.84 bits per heavy atom. The lowest BCUT2D eigenvalue weighted by atomic mass is 10.1. The van der Waals surface area contributed by atoms with Gasteiger partial charge in [0.05, 0.1) is 17.4 Å². The number of benzene rings is 1. The lowest BCUT2D eigenvalue weighted by molar-refractivity contribution is -0.137. The number of carbonyl (C=O) groups is 1. The number of nitrogens with zero attached hydrogens (tertiary/aromatic N) is 4. The van der Waals surface area contributed by atoms with Gasteiger partial charge in [-0.1, -0.05) is 23.7 Å². The molecule has 0 spiro atoms. The molecule has 31 heavy (non-hydrogen) atoms. The van der Waals surface area contributed by atoms with Crippen molar-refractivity contribution < 1.29 is 18.0 Å². The van der Waals surface area contributed by atoms with Gasteiger partial charge in [-0.2, -0.15) is 23.0 Å². The highest BCUT2D eigenvalue weighted by molar-refractivity contribution is 6.33. The molecule has 1 aromatic carbocycles. The monoisotopic (exact) mass is 451 g/mol. The topological polar surface area (TPSA) is 80.1 Å². The normalized spacial score (nSPS) is 11.3. The number of hydrogen-bond acceptors (Lipinski definition) is 5. The van der Waals surface area contributed by atoms with Gasteiger partial charge < -0.3 is 10.2 Å². The largest absolute Gasteiger partial charge is 0.417 e. The third-order valence-electron chi connectivity index (χ3n) is 4.47. The molecule has 0 atom stereocenters. The zero-order valence-electron chi connectivity index (χ0n) is 16.4. The smallest absolute Gasteiger partial charge is 0.368 e. The highest BCUT2D eigenvalue weighted by Crippen LogP contribution is 2.28. The average Bonchev–Trinajstić information content (AvgIpc) is 2.75. The van der Waals surface area contributed by atoms with Crippen LogP contribution >= 0.6 is 11.6 Å². The lowest BCUT2D eigenvalue weighted by Crippen LogP contribution is -2.27. The van der Waals surface area contributed by atoms with Crippen LogP contribution in [0.2, 0.25) is 5.02 Å². The molecule has 162 valence electrons. The van der Waals surface area contributed by atoms with Crippen LogP contribution in [0.3, 0.4) is 0 Å². The van der Waals surface area contributed by atoms with Crippen LogP contribution in [-0.4, -0.2) is 34.8 Å². The second kappa shape index (κ2) is 8.76. The van der Waals surface area contributed by atoms with Crippen molar-refractivity contribution in [2.45, 2.75) is 12.7 Å². The zero-order valence-corrected chi connectivity index (χ0v) is 17.2. The molecule has 0 aliphatic rings. The first-order chi connectivity index (χ1) is 14.6. The van der Waals surface area contributed by atoms with E-state index in [2.05, 4.69) is 15.4 Å². The van der Waals surface area contributed by atoms with E-state index in [1.807, 2.05) is 0 Å². The van der Waals surface area contributed by atoms with E-state index < -0.39 is 17.3 Å². The first kappa shape index (κ1) is 22.3. The SMILES string of the molecule is CNC(=O)c1ccc(CN(C)c2cnn(-c3ccc(C(F)(F)F)cn3)c(=O)c2Cl)cc1. The standard InChI is InChI=1S/C20H17ClF3N5O2/c1-25-18(30)13-5-3-12(4-6-13)11-28(2)15-10-27-29(19(31)17(15)21)16-8-7-14(9-26-16)20(22,23)24/h3-10H,11H2,1-2H3,(H,25,30). The molecule has 0 saturated carbocycles. The Bertz CT molecular complexity index is 1150. The van der Waals surface area contributed by atoms with Gasteiger partial charge in [0.15, 0.2) is 5.82 Å². The molecule has 2 heterocycles. The van der Waals surface area contributed by atoms with E-state index in [-0.39, 0.29) is 16.7 Å². The summed E-state index contributed by atoms with van der Waals surface area (Å²) < 4.78 is 38.9. The number of aromatic nitrogens is 3. The molecule has 3 aromatic rings. The fourth-order valence-electron chi connectivity index (χ4n) is 2.80. The zero-order chi connectivity index (χ0) is 22.8. The minimum atomic E-state index is -4.54. The van der Waals surface area contributed by atoms with Crippen molar-refractivity contribution in [3.05, 3.63) is 80.9 Å². The number of halogens is 4. The molecule has 7 nitrogen and oxygen atoms in total. The Balaban J connectivity index is 1.83. The van der Waals surface area contributed by atoms with E-state index in [1.165, 1.54) is 6.20 Å². The Hall–Kier alpha value is -3.40. The Morgan fingerprint density at radius 3 is 2.39 bits per heavy atom. The summed E-state index contributed by atoms with van der Waals surface area (Å²) >= 11 is 6.22. The predicted octanol–water partition coefficient (Wildman–Crippen LogP) is 3.30. The lowest BCUT2D eigenvalue weighted by Gasteiger charge is -2.20. The van der Waals surface area contributed by atoms with Crippen molar-refractivity contribution in [1.29, 1.82) is 0 Å². The number of nitrogens with one attached hydrogen (secondary N) is 1. The van der Waals surface area contributed by atoms with Gasteiger partial charge in [0.1, 0.15) is 5.02 Å². The highest BCUT2D eigenvalue weighted by atomic mass is 35.5. The van der Waals surface area contributed by atoms with Crippen molar-refractivity contribution in [1.82, 2.24) is 20.1 Å². The minimum absolute atomic E-state index is 0.0844. The van der Waals surface area contributed by atoms with Crippen molar-refractivity contribution in [2.24, 2.45) is 0 Å². The summed E-state index contributed by atoms with van der Waals surface area (Å²) in [7, 11) is 3.25. The molecule has 0 aliphatic carbocycles. The van der Waals surface area contributed by atoms with Gasteiger partial charge in [-0.05, 0) is 29.8 Å². The summed E-state index contributed by atoms with van der Waals surface area (Å²) in [5.41, 5.74) is 0.0627. The Kier molecular flexibility index (Phi) is 6.30. The summed E-state index contributed by atoms with van der Waals surface area (Å²) in [5.74, 6) is -0.286. The van der Waals surface area contributed by atoms with Crippen LogP contribution in [0, 0.1) is 0 Å². The first-order valence-electron chi connectivity index (χ1n) is 8.95. The van der Waals surface area contributed by atoms with Gasteiger partial charge in [0.2, 0.25) is 0 Å². The molecule has 0 unspecified atom stereocenters. The molecule has 0 aliphatic heterocycles. The molecule has 1 amide bonds. The summed E-state index contributed by atoms with van der Waals surface area (Å²) in [5, 5.41) is 6.38. The molecule has 11 heteroatoms. The maximum Gasteiger partial charge on any atom is 0.417 e. The van der Waals surface area contributed by atoms with Gasteiger partial charge in [-0.25, -0.2) is 4.98 Å². The summed E-state index contributed by atoms with van der Waals surface area (Å²) in [4.78, 5) is 29.6. The van der Waals surface area contributed by atoms with Crippen LogP contribution in [0.25, 0.3) is 5.82 Å². The number of pyridine rings is 1. The Labute approximate surface area is 180 Å². The second-order valence-electron chi connectivity index (χ2n) is 6.60. The van der Waals surface area contributed by atoms with Crippen LogP contribution in [0.4, 0.5) is 18.9 Å². The van der Waals surface area contributed by atoms with Gasteiger partial charge in [-0.15, -0.1) is 0 Å². The van der Waals surface area contributed by atoms with Crippen molar-refractivity contribution >= 4 is 23.2 Å². The number of hydrogen-bond donors (Lipinski definition) is 1. The summed E-state index contributed by atoms with van der Waals surface area (Å²) in [6, 6.07) is 8.76. The molecule has 1 N–H and O–H groups in total. The third-order valence-corrected chi connectivity index (χ3v) is 4.82. The van der Waals surface area contributed by atoms with E-state index in [0.29, 0.717) is 24.0 Å².